The molecule has 1 fully saturated rings. The molecule has 1 aliphatic heterocycles. The molecule has 0 saturated carbocycles. The van der Waals surface area contributed by atoms with Gasteiger partial charge in [-0.25, -0.2) is 4.79 Å². The molecule has 1 aromatic rings. The first kappa shape index (κ1) is 18.2. The highest BCUT2D eigenvalue weighted by molar-refractivity contribution is 5.86. The van der Waals surface area contributed by atoms with Gasteiger partial charge in [0.15, 0.2) is 0 Å². The van der Waals surface area contributed by atoms with Crippen LogP contribution in [-0.4, -0.2) is 40.1 Å². The molecule has 6 nitrogen and oxygen atoms in total. The van der Waals surface area contributed by atoms with Crippen LogP contribution in [0.3, 0.4) is 0 Å². The summed E-state index contributed by atoms with van der Waals surface area (Å²) in [6.07, 6.45) is 5.47. The fourth-order valence-corrected chi connectivity index (χ4v) is 2.79. The van der Waals surface area contributed by atoms with Gasteiger partial charge in [-0.05, 0) is 64.7 Å². The second-order valence-corrected chi connectivity index (χ2v) is 7.20. The number of pyridine rings is 1. The number of nitrogens with zero attached hydrogens (tertiary/aromatic N) is 2. The molecule has 0 radical (unpaired) electrons. The van der Waals surface area contributed by atoms with E-state index in [1.54, 1.807) is 17.3 Å². The summed E-state index contributed by atoms with van der Waals surface area (Å²) in [6, 6.07) is 3.13. The van der Waals surface area contributed by atoms with Gasteiger partial charge in [0.2, 0.25) is 5.91 Å². The van der Waals surface area contributed by atoms with Gasteiger partial charge in [0.25, 0.3) is 0 Å². The van der Waals surface area contributed by atoms with E-state index in [0.29, 0.717) is 13.0 Å². The minimum atomic E-state index is -0.570. The predicted molar refractivity (Wildman–Crippen MR) is 91.4 cm³/mol. The molecule has 2 rings (SSSR count). The first-order valence-corrected chi connectivity index (χ1v) is 8.48. The normalized spacial score (nSPS) is 19.5. The maximum absolute atomic E-state index is 12.7. The zero-order valence-corrected chi connectivity index (χ0v) is 14.9. The lowest BCUT2D eigenvalue weighted by Crippen LogP contribution is -2.53. The smallest absolute Gasteiger partial charge is 0.410 e. The van der Waals surface area contributed by atoms with Crippen LogP contribution >= 0.6 is 0 Å². The summed E-state index contributed by atoms with van der Waals surface area (Å²) in [5, 5.41) is 3.00. The van der Waals surface area contributed by atoms with Crippen molar-refractivity contribution in [3.63, 3.8) is 0 Å². The fraction of sp³-hybridized carbons (Fsp3) is 0.611. The van der Waals surface area contributed by atoms with Crippen LogP contribution in [0.5, 0.6) is 0 Å². The molecule has 0 spiro atoms. The molecule has 2 heterocycles. The van der Waals surface area contributed by atoms with Gasteiger partial charge in [-0.2, -0.15) is 0 Å². The van der Waals surface area contributed by atoms with E-state index in [-0.39, 0.29) is 11.9 Å². The third kappa shape index (κ3) is 4.94. The Hall–Kier alpha value is -2.11. The van der Waals surface area contributed by atoms with E-state index >= 15 is 0 Å². The van der Waals surface area contributed by atoms with Gasteiger partial charge < -0.3 is 10.1 Å². The van der Waals surface area contributed by atoms with Crippen LogP contribution in [-0.2, 0) is 9.53 Å². The van der Waals surface area contributed by atoms with Crippen LogP contribution in [0.1, 0.15) is 58.6 Å². The number of piperidine rings is 1. The highest BCUT2D eigenvalue weighted by atomic mass is 16.6. The Morgan fingerprint density at radius 1 is 1.29 bits per heavy atom. The molecule has 2 amide bonds. The van der Waals surface area contributed by atoms with Gasteiger partial charge in [-0.15, -0.1) is 0 Å². The molecule has 1 N–H and O–H groups in total. The molecule has 0 aromatic carbocycles. The van der Waals surface area contributed by atoms with Gasteiger partial charge in [0, 0.05) is 18.9 Å². The molecular formula is C18H27N3O3. The molecular weight excluding hydrogens is 306 g/mol. The Balaban J connectivity index is 2.03. The first-order valence-electron chi connectivity index (χ1n) is 8.48. The lowest BCUT2D eigenvalue weighted by Gasteiger charge is -2.36. The van der Waals surface area contributed by atoms with Crippen LogP contribution in [0, 0.1) is 0 Å². The van der Waals surface area contributed by atoms with E-state index in [9.17, 15) is 9.59 Å². The van der Waals surface area contributed by atoms with Crippen LogP contribution in [0.15, 0.2) is 24.5 Å². The van der Waals surface area contributed by atoms with E-state index in [4.69, 9.17) is 4.74 Å². The minimum Gasteiger partial charge on any atom is -0.444 e. The summed E-state index contributed by atoms with van der Waals surface area (Å²) >= 11 is 0. The Bertz CT molecular complexity index is 569. The molecule has 0 bridgehead atoms. The van der Waals surface area contributed by atoms with Crippen molar-refractivity contribution in [3.05, 3.63) is 30.1 Å². The van der Waals surface area contributed by atoms with Crippen molar-refractivity contribution in [1.29, 1.82) is 0 Å². The van der Waals surface area contributed by atoms with E-state index in [1.807, 2.05) is 39.8 Å². The molecule has 1 aromatic heterocycles. The van der Waals surface area contributed by atoms with Crippen LogP contribution in [0.25, 0.3) is 0 Å². The monoisotopic (exact) mass is 333 g/mol. The predicted octanol–water partition coefficient (Wildman–Crippen LogP) is 3.05. The quantitative estimate of drug-likeness (QED) is 0.923. The van der Waals surface area contributed by atoms with Crippen molar-refractivity contribution < 1.29 is 14.3 Å². The Morgan fingerprint density at radius 2 is 1.96 bits per heavy atom. The maximum Gasteiger partial charge on any atom is 0.410 e. The van der Waals surface area contributed by atoms with Crippen LogP contribution in [0.2, 0.25) is 0 Å². The number of carbonyl (C=O) groups excluding carboxylic acids is 2. The van der Waals surface area contributed by atoms with Crippen molar-refractivity contribution in [1.82, 2.24) is 15.2 Å². The molecule has 24 heavy (non-hydrogen) atoms. The Labute approximate surface area is 143 Å². The summed E-state index contributed by atoms with van der Waals surface area (Å²) in [5.41, 5.74) is 0.415. The second-order valence-electron chi connectivity index (χ2n) is 7.20. The van der Waals surface area contributed by atoms with Crippen molar-refractivity contribution in [2.45, 2.75) is 64.6 Å². The van der Waals surface area contributed by atoms with E-state index in [1.165, 1.54) is 0 Å². The summed E-state index contributed by atoms with van der Waals surface area (Å²) in [5.74, 6) is -0.134. The van der Waals surface area contributed by atoms with Gasteiger partial charge in [0.05, 0.1) is 6.04 Å². The number of likely N-dealkylation sites (tertiary alicyclic amines) is 1. The number of rotatable bonds is 3. The third-order valence-corrected chi connectivity index (χ3v) is 4.00. The van der Waals surface area contributed by atoms with Crippen LogP contribution < -0.4 is 5.32 Å². The van der Waals surface area contributed by atoms with Crippen molar-refractivity contribution in [3.8, 4) is 0 Å². The minimum absolute atomic E-state index is 0.134. The Kier molecular flexibility index (Phi) is 5.80. The number of aromatic nitrogens is 1. The second kappa shape index (κ2) is 7.64. The van der Waals surface area contributed by atoms with E-state index < -0.39 is 17.7 Å². The molecule has 6 heteroatoms. The highest BCUT2D eigenvalue weighted by Crippen LogP contribution is 2.21. The standard InChI is InChI=1S/C18H27N3O3/c1-13(14-8-10-19-11-9-14)20-16(22)15-7-5-6-12-21(15)17(23)24-18(2,3)4/h8-11,13,15H,5-7,12H2,1-4H3,(H,20,22)/t13?,15-/m0/s1. The molecule has 132 valence electrons. The zero-order valence-electron chi connectivity index (χ0n) is 14.9. The summed E-state index contributed by atoms with van der Waals surface area (Å²) in [6.45, 7) is 7.96. The molecule has 1 unspecified atom stereocenters. The highest BCUT2D eigenvalue weighted by Gasteiger charge is 2.35. The van der Waals surface area contributed by atoms with Gasteiger partial charge in [-0.1, -0.05) is 0 Å². The Morgan fingerprint density at radius 3 is 2.58 bits per heavy atom. The molecule has 1 saturated heterocycles. The number of hydrogen-bond acceptors (Lipinski definition) is 4. The maximum atomic E-state index is 12.7. The summed E-state index contributed by atoms with van der Waals surface area (Å²) < 4.78 is 5.45. The van der Waals surface area contributed by atoms with Gasteiger partial charge in [0.1, 0.15) is 11.6 Å². The zero-order chi connectivity index (χ0) is 17.7. The van der Waals surface area contributed by atoms with Crippen molar-refractivity contribution in [2.24, 2.45) is 0 Å². The molecule has 0 aliphatic carbocycles. The van der Waals surface area contributed by atoms with Crippen molar-refractivity contribution >= 4 is 12.0 Å². The van der Waals surface area contributed by atoms with Gasteiger partial charge in [-0.3, -0.25) is 14.7 Å². The average Bonchev–Trinajstić information content (AvgIpc) is 2.54. The number of carbonyl (C=O) groups is 2. The average molecular weight is 333 g/mol. The number of ether oxygens (including phenoxy) is 1. The van der Waals surface area contributed by atoms with Crippen molar-refractivity contribution in [2.75, 3.05) is 6.54 Å². The third-order valence-electron chi connectivity index (χ3n) is 4.00. The lowest BCUT2D eigenvalue weighted by molar-refractivity contribution is -0.128. The lowest BCUT2D eigenvalue weighted by atomic mass is 10.0. The fourth-order valence-electron chi connectivity index (χ4n) is 2.79. The number of nitrogens with one attached hydrogen (secondary N) is 1. The number of amides is 2. The van der Waals surface area contributed by atoms with E-state index in [0.717, 1.165) is 18.4 Å². The molecule has 1 aliphatic rings. The SMILES string of the molecule is CC(NC(=O)[C@@H]1CCCCN1C(=O)OC(C)(C)C)c1ccncc1. The topological polar surface area (TPSA) is 71.5 Å². The van der Waals surface area contributed by atoms with E-state index in [2.05, 4.69) is 10.3 Å². The van der Waals surface area contributed by atoms with Gasteiger partial charge >= 0.3 is 6.09 Å². The largest absolute Gasteiger partial charge is 0.444 e. The number of hydrogen-bond donors (Lipinski definition) is 1. The first-order chi connectivity index (χ1) is 11.3. The summed E-state index contributed by atoms with van der Waals surface area (Å²) in [7, 11) is 0. The molecule has 2 atom stereocenters. The van der Waals surface area contributed by atoms with Crippen LogP contribution in [0.4, 0.5) is 4.79 Å². The summed E-state index contributed by atoms with van der Waals surface area (Å²) in [4.78, 5) is 30.6.